The van der Waals surface area contributed by atoms with Crippen molar-refractivity contribution in [3.05, 3.63) is 23.7 Å². The first kappa shape index (κ1) is 15.5. The van der Waals surface area contributed by atoms with Crippen LogP contribution in [0.4, 0.5) is 0 Å². The summed E-state index contributed by atoms with van der Waals surface area (Å²) in [6.45, 7) is 9.65. The van der Waals surface area contributed by atoms with Gasteiger partial charge in [-0.1, -0.05) is 13.8 Å². The van der Waals surface area contributed by atoms with Crippen molar-refractivity contribution < 1.29 is 4.42 Å². The number of nitrogens with zero attached hydrogens (tertiary/aromatic N) is 2. The second kappa shape index (κ2) is 6.74. The molecule has 2 N–H and O–H groups in total. The number of hydrogen-bond acceptors (Lipinski definition) is 4. The highest BCUT2D eigenvalue weighted by atomic mass is 16.3. The molecule has 3 unspecified atom stereocenters. The van der Waals surface area contributed by atoms with Gasteiger partial charge in [-0.05, 0) is 38.9 Å². The van der Waals surface area contributed by atoms with Gasteiger partial charge in [-0.25, -0.2) is 0 Å². The molecule has 1 aliphatic rings. The molecule has 0 amide bonds. The molecule has 0 bridgehead atoms. The topological polar surface area (TPSA) is 45.6 Å². The third-order valence-corrected chi connectivity index (χ3v) is 4.60. The van der Waals surface area contributed by atoms with Crippen molar-refractivity contribution in [2.75, 3.05) is 26.7 Å². The molecule has 2 rings (SSSR count). The van der Waals surface area contributed by atoms with Crippen molar-refractivity contribution in [3.8, 4) is 0 Å². The van der Waals surface area contributed by atoms with Crippen molar-refractivity contribution in [1.29, 1.82) is 0 Å². The summed E-state index contributed by atoms with van der Waals surface area (Å²) in [7, 11) is 2.22. The summed E-state index contributed by atoms with van der Waals surface area (Å²) >= 11 is 0. The number of rotatable bonds is 5. The SMILES string of the molecule is CCC(N)C(c1ccc(C)o1)N1CCN(C)C(CC)C1. The maximum atomic E-state index is 6.40. The van der Waals surface area contributed by atoms with Gasteiger partial charge in [-0.2, -0.15) is 0 Å². The van der Waals surface area contributed by atoms with E-state index >= 15 is 0 Å². The molecule has 2 heterocycles. The van der Waals surface area contributed by atoms with Gasteiger partial charge >= 0.3 is 0 Å². The summed E-state index contributed by atoms with van der Waals surface area (Å²) in [5, 5.41) is 0. The predicted octanol–water partition coefficient (Wildman–Crippen LogP) is 2.39. The lowest BCUT2D eigenvalue weighted by Gasteiger charge is -2.43. The Balaban J connectivity index is 2.19. The summed E-state index contributed by atoms with van der Waals surface area (Å²) < 4.78 is 5.88. The zero-order chi connectivity index (χ0) is 14.7. The Morgan fingerprint density at radius 2 is 2.10 bits per heavy atom. The zero-order valence-electron chi connectivity index (χ0n) is 13.3. The van der Waals surface area contributed by atoms with Gasteiger partial charge in [0.15, 0.2) is 0 Å². The summed E-state index contributed by atoms with van der Waals surface area (Å²) in [5.74, 6) is 1.99. The van der Waals surface area contributed by atoms with Gasteiger partial charge < -0.3 is 15.1 Å². The van der Waals surface area contributed by atoms with Crippen molar-refractivity contribution in [1.82, 2.24) is 9.80 Å². The molecule has 1 saturated heterocycles. The molecule has 0 saturated carbocycles. The van der Waals surface area contributed by atoms with E-state index in [1.165, 1.54) is 6.42 Å². The maximum Gasteiger partial charge on any atom is 0.122 e. The van der Waals surface area contributed by atoms with Crippen LogP contribution in [0.15, 0.2) is 16.5 Å². The molecule has 1 aromatic rings. The number of likely N-dealkylation sites (N-methyl/N-ethyl adjacent to an activating group) is 1. The Labute approximate surface area is 122 Å². The fourth-order valence-corrected chi connectivity index (χ4v) is 3.16. The first-order valence-electron chi connectivity index (χ1n) is 7.83. The van der Waals surface area contributed by atoms with E-state index in [1.54, 1.807) is 0 Å². The molecule has 114 valence electrons. The molecule has 0 aliphatic carbocycles. The zero-order valence-corrected chi connectivity index (χ0v) is 13.3. The number of hydrogen-bond donors (Lipinski definition) is 1. The van der Waals surface area contributed by atoms with Crippen LogP contribution in [-0.2, 0) is 0 Å². The van der Waals surface area contributed by atoms with Crippen molar-refractivity contribution >= 4 is 0 Å². The van der Waals surface area contributed by atoms with Crippen LogP contribution in [0.25, 0.3) is 0 Å². The minimum atomic E-state index is 0.126. The van der Waals surface area contributed by atoms with E-state index in [0.717, 1.165) is 37.6 Å². The lowest BCUT2D eigenvalue weighted by molar-refractivity contribution is 0.0444. The first-order chi connectivity index (χ1) is 9.56. The largest absolute Gasteiger partial charge is 0.465 e. The molecule has 1 fully saturated rings. The molecule has 0 radical (unpaired) electrons. The highest BCUT2D eigenvalue weighted by molar-refractivity contribution is 5.12. The summed E-state index contributed by atoms with van der Waals surface area (Å²) in [6.07, 6.45) is 2.14. The number of furan rings is 1. The van der Waals surface area contributed by atoms with Gasteiger partial charge in [-0.3, -0.25) is 4.90 Å². The molecule has 3 atom stereocenters. The monoisotopic (exact) mass is 279 g/mol. The van der Waals surface area contributed by atoms with Gasteiger partial charge in [-0.15, -0.1) is 0 Å². The lowest BCUT2D eigenvalue weighted by Crippen LogP contribution is -2.54. The van der Waals surface area contributed by atoms with Crippen molar-refractivity contribution in [3.63, 3.8) is 0 Å². The van der Waals surface area contributed by atoms with E-state index in [-0.39, 0.29) is 12.1 Å². The summed E-state index contributed by atoms with van der Waals surface area (Å²) in [5.41, 5.74) is 6.40. The smallest absolute Gasteiger partial charge is 0.122 e. The highest BCUT2D eigenvalue weighted by Gasteiger charge is 2.33. The van der Waals surface area contributed by atoms with Gasteiger partial charge in [0, 0.05) is 31.7 Å². The number of nitrogens with two attached hydrogens (primary N) is 1. The van der Waals surface area contributed by atoms with Gasteiger partial charge in [0.05, 0.1) is 6.04 Å². The quantitative estimate of drug-likeness (QED) is 0.899. The van der Waals surface area contributed by atoms with Gasteiger partial charge in [0.25, 0.3) is 0 Å². The van der Waals surface area contributed by atoms with Crippen molar-refractivity contribution in [2.45, 2.75) is 51.7 Å². The Morgan fingerprint density at radius 3 is 2.65 bits per heavy atom. The third-order valence-electron chi connectivity index (χ3n) is 4.60. The second-order valence-corrected chi connectivity index (χ2v) is 6.00. The Bertz CT molecular complexity index is 418. The first-order valence-corrected chi connectivity index (χ1v) is 7.83. The van der Waals surface area contributed by atoms with Crippen LogP contribution in [0.3, 0.4) is 0 Å². The standard InChI is InChI=1S/C16H29N3O/c1-5-13-11-19(10-9-18(13)4)16(14(17)6-2)15-8-7-12(3)20-15/h7-8,13-14,16H,5-6,9-11,17H2,1-4H3. The third kappa shape index (κ3) is 3.25. The van der Waals surface area contributed by atoms with Gasteiger partial charge in [0.2, 0.25) is 0 Å². The van der Waals surface area contributed by atoms with E-state index in [2.05, 4.69) is 36.8 Å². The normalized spacial score (nSPS) is 24.8. The molecule has 0 spiro atoms. The second-order valence-electron chi connectivity index (χ2n) is 6.00. The van der Waals surface area contributed by atoms with Crippen LogP contribution < -0.4 is 5.73 Å². The van der Waals surface area contributed by atoms with Crippen LogP contribution in [-0.4, -0.2) is 48.6 Å². The Hall–Kier alpha value is -0.840. The molecule has 0 aromatic carbocycles. The number of piperazine rings is 1. The van der Waals surface area contributed by atoms with Crippen LogP contribution in [0.1, 0.15) is 44.3 Å². The Kier molecular flexibility index (Phi) is 5.24. The minimum Gasteiger partial charge on any atom is -0.465 e. The van der Waals surface area contributed by atoms with Gasteiger partial charge in [0.1, 0.15) is 11.5 Å². The van der Waals surface area contributed by atoms with Crippen molar-refractivity contribution in [2.24, 2.45) is 5.73 Å². The fraction of sp³-hybridized carbons (Fsp3) is 0.750. The highest BCUT2D eigenvalue weighted by Crippen LogP contribution is 2.29. The molecule has 1 aliphatic heterocycles. The maximum absolute atomic E-state index is 6.40. The van der Waals surface area contributed by atoms with Crippen LogP contribution in [0, 0.1) is 6.92 Å². The van der Waals surface area contributed by atoms with E-state index in [4.69, 9.17) is 10.2 Å². The predicted molar refractivity (Wildman–Crippen MR) is 82.7 cm³/mol. The van der Waals surface area contributed by atoms with E-state index in [0.29, 0.717) is 6.04 Å². The summed E-state index contributed by atoms with van der Waals surface area (Å²) in [4.78, 5) is 4.97. The molecular formula is C16H29N3O. The van der Waals surface area contributed by atoms with E-state index in [1.807, 2.05) is 13.0 Å². The molecule has 4 heteroatoms. The number of aryl methyl sites for hydroxylation is 1. The lowest BCUT2D eigenvalue weighted by atomic mass is 9.99. The molecule has 1 aromatic heterocycles. The van der Waals surface area contributed by atoms with Crippen LogP contribution in [0.5, 0.6) is 0 Å². The Morgan fingerprint density at radius 1 is 1.35 bits per heavy atom. The summed E-state index contributed by atoms with van der Waals surface area (Å²) in [6, 6.07) is 5.08. The van der Waals surface area contributed by atoms with E-state index in [9.17, 15) is 0 Å². The van der Waals surface area contributed by atoms with Crippen LogP contribution in [0.2, 0.25) is 0 Å². The average Bonchev–Trinajstić information content (AvgIpc) is 2.86. The van der Waals surface area contributed by atoms with Crippen LogP contribution >= 0.6 is 0 Å². The van der Waals surface area contributed by atoms with E-state index < -0.39 is 0 Å². The average molecular weight is 279 g/mol. The fourth-order valence-electron chi connectivity index (χ4n) is 3.16. The minimum absolute atomic E-state index is 0.126. The molecular weight excluding hydrogens is 250 g/mol. The molecule has 20 heavy (non-hydrogen) atoms. The molecule has 4 nitrogen and oxygen atoms in total.